The third-order valence-electron chi connectivity index (χ3n) is 2.37. The maximum absolute atomic E-state index is 12.8. The molecule has 0 radical (unpaired) electrons. The molecule has 0 amide bonds. The van der Waals surface area contributed by atoms with Crippen LogP contribution in [0.3, 0.4) is 0 Å². The van der Waals surface area contributed by atoms with Gasteiger partial charge in [-0.3, -0.25) is 0 Å². The van der Waals surface area contributed by atoms with Gasteiger partial charge in [0, 0.05) is 15.0 Å². The van der Waals surface area contributed by atoms with Crippen molar-refractivity contribution in [3.05, 3.63) is 63.5 Å². The lowest BCUT2D eigenvalue weighted by Gasteiger charge is -2.07. The summed E-state index contributed by atoms with van der Waals surface area (Å²) < 4.78 is 14.7. The van der Waals surface area contributed by atoms with Crippen molar-refractivity contribution in [1.82, 2.24) is 0 Å². The molecular weight excluding hydrogens is 392 g/mol. The van der Waals surface area contributed by atoms with Gasteiger partial charge in [-0.2, -0.15) is 0 Å². The van der Waals surface area contributed by atoms with Gasteiger partial charge in [0.1, 0.15) is 10.1 Å². The first-order valence-corrected chi connectivity index (χ1v) is 8.04. The fraction of sp³-hybridized carbons (Fsp3) is 0.0714. The first kappa shape index (κ1) is 14.7. The van der Waals surface area contributed by atoms with E-state index in [-0.39, 0.29) is 5.82 Å². The van der Waals surface area contributed by atoms with E-state index in [0.717, 1.165) is 17.0 Å². The molecule has 1 N–H and O–H groups in total. The number of rotatable bonds is 3. The number of anilines is 1. The van der Waals surface area contributed by atoms with Crippen LogP contribution in [-0.4, -0.2) is 4.32 Å². The zero-order valence-corrected chi connectivity index (χ0v) is 13.7. The Morgan fingerprint density at radius 2 is 1.74 bits per heavy atom. The molecule has 2 aromatic rings. The molecule has 0 saturated carbocycles. The molecule has 0 bridgehead atoms. The standard InChI is InChI=1S/C14H11FINS2/c15-11-3-1-10(2-4-11)9-19-14(18)17-13-7-5-12(16)6-8-13/h1-8H,9H2,(H,17,18). The molecule has 0 aliphatic rings. The number of hydrogen-bond acceptors (Lipinski definition) is 2. The fourth-order valence-electron chi connectivity index (χ4n) is 1.42. The zero-order valence-electron chi connectivity index (χ0n) is 9.90. The van der Waals surface area contributed by atoms with Gasteiger partial charge < -0.3 is 5.32 Å². The molecule has 2 aromatic carbocycles. The van der Waals surface area contributed by atoms with E-state index in [9.17, 15) is 4.39 Å². The van der Waals surface area contributed by atoms with E-state index in [0.29, 0.717) is 4.32 Å². The van der Waals surface area contributed by atoms with Crippen LogP contribution >= 0.6 is 46.6 Å². The van der Waals surface area contributed by atoms with E-state index in [1.54, 1.807) is 12.1 Å². The van der Waals surface area contributed by atoms with Gasteiger partial charge in [0.15, 0.2) is 0 Å². The van der Waals surface area contributed by atoms with E-state index in [1.807, 2.05) is 24.3 Å². The van der Waals surface area contributed by atoms with Crippen molar-refractivity contribution in [2.75, 3.05) is 5.32 Å². The van der Waals surface area contributed by atoms with E-state index in [2.05, 4.69) is 27.9 Å². The largest absolute Gasteiger partial charge is 0.341 e. The summed E-state index contributed by atoms with van der Waals surface area (Å²) in [5.41, 5.74) is 2.04. The fourth-order valence-corrected chi connectivity index (χ4v) is 2.75. The number of thioether (sulfide) groups is 1. The van der Waals surface area contributed by atoms with E-state index < -0.39 is 0 Å². The Kier molecular flexibility index (Phi) is 5.59. The average Bonchev–Trinajstić information content (AvgIpc) is 2.41. The molecule has 0 unspecified atom stereocenters. The monoisotopic (exact) mass is 403 g/mol. The number of nitrogens with one attached hydrogen (secondary N) is 1. The van der Waals surface area contributed by atoms with Gasteiger partial charge >= 0.3 is 0 Å². The highest BCUT2D eigenvalue weighted by atomic mass is 127. The minimum absolute atomic E-state index is 0.214. The molecule has 0 heterocycles. The molecule has 1 nitrogen and oxygen atoms in total. The van der Waals surface area contributed by atoms with Crippen LogP contribution in [0.5, 0.6) is 0 Å². The maximum Gasteiger partial charge on any atom is 0.138 e. The average molecular weight is 403 g/mol. The minimum atomic E-state index is -0.214. The van der Waals surface area contributed by atoms with Crippen LogP contribution < -0.4 is 5.32 Å². The molecule has 2 rings (SSSR count). The quantitative estimate of drug-likeness (QED) is 0.569. The van der Waals surface area contributed by atoms with E-state index >= 15 is 0 Å². The van der Waals surface area contributed by atoms with Gasteiger partial charge in [-0.15, -0.1) is 0 Å². The summed E-state index contributed by atoms with van der Waals surface area (Å²) in [5.74, 6) is 0.518. The van der Waals surface area contributed by atoms with Crippen molar-refractivity contribution in [3.8, 4) is 0 Å². The zero-order chi connectivity index (χ0) is 13.7. The molecular formula is C14H11FINS2. The Bertz CT molecular complexity index is 555. The minimum Gasteiger partial charge on any atom is -0.341 e. The van der Waals surface area contributed by atoms with Crippen LogP contribution in [0.1, 0.15) is 5.56 Å². The molecule has 0 fully saturated rings. The molecule has 98 valence electrons. The highest BCUT2D eigenvalue weighted by molar-refractivity contribution is 14.1. The summed E-state index contributed by atoms with van der Waals surface area (Å²) in [5, 5.41) is 3.17. The summed E-state index contributed by atoms with van der Waals surface area (Å²) in [7, 11) is 0. The van der Waals surface area contributed by atoms with Gasteiger partial charge in [-0.25, -0.2) is 4.39 Å². The van der Waals surface area contributed by atoms with Crippen molar-refractivity contribution in [2.24, 2.45) is 0 Å². The predicted molar refractivity (Wildman–Crippen MR) is 93.1 cm³/mol. The number of halogens is 2. The first-order valence-electron chi connectivity index (χ1n) is 5.57. The van der Waals surface area contributed by atoms with Gasteiger partial charge in [-0.1, -0.05) is 36.1 Å². The Hall–Kier alpha value is -0.660. The normalized spacial score (nSPS) is 10.2. The summed E-state index contributed by atoms with van der Waals surface area (Å²) >= 11 is 9.06. The molecule has 0 aliphatic carbocycles. The first-order chi connectivity index (χ1) is 9.13. The van der Waals surface area contributed by atoms with Crippen molar-refractivity contribution in [3.63, 3.8) is 0 Å². The summed E-state index contributed by atoms with van der Waals surface area (Å²) in [4.78, 5) is 0. The highest BCUT2D eigenvalue weighted by Gasteiger charge is 2.01. The molecule has 0 atom stereocenters. The lowest BCUT2D eigenvalue weighted by atomic mass is 10.2. The topological polar surface area (TPSA) is 12.0 Å². The molecule has 5 heteroatoms. The van der Waals surface area contributed by atoms with Gasteiger partial charge in [0.25, 0.3) is 0 Å². The van der Waals surface area contributed by atoms with Gasteiger partial charge in [0.2, 0.25) is 0 Å². The molecule has 0 aliphatic heterocycles. The Balaban J connectivity index is 1.84. The third-order valence-corrected chi connectivity index (χ3v) is 4.39. The van der Waals surface area contributed by atoms with Crippen LogP contribution in [0.4, 0.5) is 10.1 Å². The van der Waals surface area contributed by atoms with Gasteiger partial charge in [-0.05, 0) is 64.6 Å². The van der Waals surface area contributed by atoms with Crippen LogP contribution in [0.2, 0.25) is 0 Å². The van der Waals surface area contributed by atoms with Crippen LogP contribution in [0, 0.1) is 9.39 Å². The van der Waals surface area contributed by atoms with Crippen molar-refractivity contribution < 1.29 is 4.39 Å². The SMILES string of the molecule is Fc1ccc(CSC(=S)Nc2ccc(I)cc2)cc1. The van der Waals surface area contributed by atoms with Crippen molar-refractivity contribution in [2.45, 2.75) is 5.75 Å². The predicted octanol–water partition coefficient (Wildman–Crippen LogP) is 5.06. The van der Waals surface area contributed by atoms with Crippen molar-refractivity contribution >= 4 is 56.6 Å². The van der Waals surface area contributed by atoms with E-state index in [4.69, 9.17) is 12.2 Å². The molecule has 0 spiro atoms. The summed E-state index contributed by atoms with van der Waals surface area (Å²) in [6.07, 6.45) is 0. The highest BCUT2D eigenvalue weighted by Crippen LogP contribution is 2.18. The number of benzene rings is 2. The smallest absolute Gasteiger partial charge is 0.138 e. The lowest BCUT2D eigenvalue weighted by molar-refractivity contribution is 0.627. The van der Waals surface area contributed by atoms with Crippen LogP contribution in [0.25, 0.3) is 0 Å². The molecule has 0 saturated heterocycles. The maximum atomic E-state index is 12.8. The second kappa shape index (κ2) is 7.21. The second-order valence-electron chi connectivity index (χ2n) is 3.83. The van der Waals surface area contributed by atoms with Gasteiger partial charge in [0.05, 0.1) is 0 Å². The summed E-state index contributed by atoms with van der Waals surface area (Å²) in [6, 6.07) is 14.5. The number of thiocarbonyl (C=S) groups is 1. The van der Waals surface area contributed by atoms with E-state index in [1.165, 1.54) is 27.5 Å². The summed E-state index contributed by atoms with van der Waals surface area (Å²) in [6.45, 7) is 0. The lowest BCUT2D eigenvalue weighted by Crippen LogP contribution is -2.04. The Morgan fingerprint density at radius 1 is 1.11 bits per heavy atom. The molecule has 19 heavy (non-hydrogen) atoms. The number of hydrogen-bond donors (Lipinski definition) is 1. The van der Waals surface area contributed by atoms with Crippen molar-refractivity contribution in [1.29, 1.82) is 0 Å². The molecule has 0 aromatic heterocycles. The Labute approximate surface area is 135 Å². The Morgan fingerprint density at radius 3 is 2.37 bits per heavy atom. The van der Waals surface area contributed by atoms with Crippen LogP contribution in [0.15, 0.2) is 48.5 Å². The van der Waals surface area contributed by atoms with Crippen LogP contribution in [-0.2, 0) is 5.75 Å². The second-order valence-corrected chi connectivity index (χ2v) is 6.73. The third kappa shape index (κ3) is 5.08.